The van der Waals surface area contributed by atoms with E-state index in [0.717, 1.165) is 18.3 Å². The summed E-state index contributed by atoms with van der Waals surface area (Å²) in [5, 5.41) is 6.41. The molecular weight excluding hydrogens is 148 g/mol. The lowest BCUT2D eigenvalue weighted by atomic mass is 10.1. The molecule has 0 radical (unpaired) electrons. The monoisotopic (exact) mass is 170 g/mol. The predicted octanol–water partition coefficient (Wildman–Crippen LogP) is 2.09. The van der Waals surface area contributed by atoms with Crippen molar-refractivity contribution in [3.05, 3.63) is 11.9 Å². The summed E-state index contributed by atoms with van der Waals surface area (Å²) >= 11 is 0. The molecule has 2 heteroatoms. The minimum atomic E-state index is 0.815. The zero-order valence-electron chi connectivity index (χ0n) is 8.78. The van der Waals surface area contributed by atoms with Gasteiger partial charge < -0.3 is 10.6 Å². The van der Waals surface area contributed by atoms with Gasteiger partial charge >= 0.3 is 0 Å². The van der Waals surface area contributed by atoms with Crippen LogP contribution in [0.2, 0.25) is 0 Å². The molecule has 0 amide bonds. The molecule has 0 saturated carbocycles. The summed E-state index contributed by atoms with van der Waals surface area (Å²) < 4.78 is 0. The van der Waals surface area contributed by atoms with E-state index in [1.165, 1.54) is 12.8 Å². The van der Waals surface area contributed by atoms with Crippen LogP contribution in [-0.2, 0) is 0 Å². The van der Waals surface area contributed by atoms with Gasteiger partial charge in [0.15, 0.2) is 0 Å². The van der Waals surface area contributed by atoms with Crippen LogP contribution in [0, 0.1) is 5.92 Å². The standard InChI is InChI=1S/C10H22N2/c1-5-10(11-4)12-8-6-7-9(2)3/h5,9,11-12H,6-8H2,1-4H3/b10-5+. The highest BCUT2D eigenvalue weighted by Gasteiger charge is 1.94. The van der Waals surface area contributed by atoms with Crippen molar-refractivity contribution in [1.29, 1.82) is 0 Å². The fraction of sp³-hybridized carbons (Fsp3) is 0.800. The fourth-order valence-electron chi connectivity index (χ4n) is 1.07. The maximum absolute atomic E-state index is 3.32. The second-order valence-electron chi connectivity index (χ2n) is 3.42. The average molecular weight is 170 g/mol. The van der Waals surface area contributed by atoms with Crippen LogP contribution in [0.1, 0.15) is 33.6 Å². The Morgan fingerprint density at radius 1 is 1.42 bits per heavy atom. The Morgan fingerprint density at radius 2 is 2.08 bits per heavy atom. The Morgan fingerprint density at radius 3 is 2.50 bits per heavy atom. The third kappa shape index (κ3) is 6.08. The third-order valence-corrected chi connectivity index (χ3v) is 1.83. The van der Waals surface area contributed by atoms with Gasteiger partial charge in [-0.15, -0.1) is 0 Å². The molecule has 0 saturated heterocycles. The summed E-state index contributed by atoms with van der Waals surface area (Å²) in [6.45, 7) is 7.61. The van der Waals surface area contributed by atoms with Crippen molar-refractivity contribution in [2.75, 3.05) is 13.6 Å². The summed E-state index contributed by atoms with van der Waals surface area (Å²) in [5.74, 6) is 1.94. The van der Waals surface area contributed by atoms with E-state index in [1.54, 1.807) is 0 Å². The van der Waals surface area contributed by atoms with E-state index in [-0.39, 0.29) is 0 Å². The molecule has 0 bridgehead atoms. The summed E-state index contributed by atoms with van der Waals surface area (Å²) in [7, 11) is 1.94. The van der Waals surface area contributed by atoms with Gasteiger partial charge in [0.1, 0.15) is 0 Å². The van der Waals surface area contributed by atoms with Gasteiger partial charge in [-0.3, -0.25) is 0 Å². The Hall–Kier alpha value is -0.660. The highest BCUT2D eigenvalue weighted by Crippen LogP contribution is 2.01. The van der Waals surface area contributed by atoms with Crippen LogP contribution in [-0.4, -0.2) is 13.6 Å². The zero-order chi connectivity index (χ0) is 9.40. The topological polar surface area (TPSA) is 24.1 Å². The summed E-state index contributed by atoms with van der Waals surface area (Å²) in [5.41, 5.74) is 0. The summed E-state index contributed by atoms with van der Waals surface area (Å²) in [6.07, 6.45) is 4.60. The minimum Gasteiger partial charge on any atom is -0.375 e. The van der Waals surface area contributed by atoms with Gasteiger partial charge in [-0.1, -0.05) is 13.8 Å². The van der Waals surface area contributed by atoms with Crippen molar-refractivity contribution in [3.63, 3.8) is 0 Å². The van der Waals surface area contributed by atoms with Crippen LogP contribution in [0.3, 0.4) is 0 Å². The molecule has 0 fully saturated rings. The van der Waals surface area contributed by atoms with Crippen LogP contribution in [0.25, 0.3) is 0 Å². The molecule has 0 aliphatic rings. The molecular formula is C10H22N2. The normalized spacial score (nSPS) is 11.9. The first kappa shape index (κ1) is 11.3. The van der Waals surface area contributed by atoms with Gasteiger partial charge in [0.05, 0.1) is 5.82 Å². The van der Waals surface area contributed by atoms with Crippen LogP contribution < -0.4 is 10.6 Å². The van der Waals surface area contributed by atoms with Crippen molar-refractivity contribution in [2.45, 2.75) is 33.6 Å². The highest BCUT2D eigenvalue weighted by molar-refractivity contribution is 4.92. The molecule has 2 N–H and O–H groups in total. The van der Waals surface area contributed by atoms with Crippen LogP contribution in [0.4, 0.5) is 0 Å². The van der Waals surface area contributed by atoms with Crippen molar-refractivity contribution in [3.8, 4) is 0 Å². The molecule has 0 rings (SSSR count). The Balaban J connectivity index is 3.30. The Bertz CT molecular complexity index is 128. The first-order chi connectivity index (χ1) is 5.70. The molecule has 0 aromatic carbocycles. The second kappa shape index (κ2) is 7.01. The van der Waals surface area contributed by atoms with Gasteiger partial charge in [0.2, 0.25) is 0 Å². The van der Waals surface area contributed by atoms with Crippen molar-refractivity contribution in [1.82, 2.24) is 10.6 Å². The third-order valence-electron chi connectivity index (χ3n) is 1.83. The van der Waals surface area contributed by atoms with E-state index in [0.29, 0.717) is 0 Å². The first-order valence-electron chi connectivity index (χ1n) is 4.78. The maximum Gasteiger partial charge on any atom is 0.0939 e. The lowest BCUT2D eigenvalue weighted by molar-refractivity contribution is 0.538. The maximum atomic E-state index is 3.32. The minimum absolute atomic E-state index is 0.815. The molecule has 2 nitrogen and oxygen atoms in total. The van der Waals surface area contributed by atoms with Crippen LogP contribution >= 0.6 is 0 Å². The molecule has 0 unspecified atom stereocenters. The van der Waals surface area contributed by atoms with Gasteiger partial charge in [0, 0.05) is 13.6 Å². The predicted molar refractivity (Wildman–Crippen MR) is 54.9 cm³/mol. The lowest BCUT2D eigenvalue weighted by Crippen LogP contribution is -2.24. The second-order valence-corrected chi connectivity index (χ2v) is 3.42. The molecule has 12 heavy (non-hydrogen) atoms. The molecule has 0 spiro atoms. The highest BCUT2D eigenvalue weighted by atomic mass is 15.1. The molecule has 72 valence electrons. The zero-order valence-corrected chi connectivity index (χ0v) is 8.78. The van der Waals surface area contributed by atoms with E-state index < -0.39 is 0 Å². The number of rotatable bonds is 6. The number of nitrogens with one attached hydrogen (secondary N) is 2. The number of allylic oxidation sites excluding steroid dienone is 1. The molecule has 0 aromatic heterocycles. The van der Waals surface area contributed by atoms with Gasteiger partial charge in [-0.05, 0) is 31.8 Å². The molecule has 0 aliphatic heterocycles. The molecule has 0 aliphatic carbocycles. The Labute approximate surface area is 76.4 Å². The molecule has 0 aromatic rings. The van der Waals surface area contributed by atoms with E-state index in [2.05, 4.69) is 30.6 Å². The van der Waals surface area contributed by atoms with E-state index in [4.69, 9.17) is 0 Å². The first-order valence-corrected chi connectivity index (χ1v) is 4.78. The fourth-order valence-corrected chi connectivity index (χ4v) is 1.07. The number of hydrogen-bond donors (Lipinski definition) is 2. The summed E-state index contributed by atoms with van der Waals surface area (Å²) in [6, 6.07) is 0. The Kier molecular flexibility index (Phi) is 6.63. The summed E-state index contributed by atoms with van der Waals surface area (Å²) in [4.78, 5) is 0. The van der Waals surface area contributed by atoms with E-state index >= 15 is 0 Å². The smallest absolute Gasteiger partial charge is 0.0939 e. The van der Waals surface area contributed by atoms with Crippen LogP contribution in [0.5, 0.6) is 0 Å². The van der Waals surface area contributed by atoms with E-state index in [9.17, 15) is 0 Å². The van der Waals surface area contributed by atoms with Crippen molar-refractivity contribution < 1.29 is 0 Å². The lowest BCUT2D eigenvalue weighted by Gasteiger charge is -2.10. The molecule has 0 heterocycles. The quantitative estimate of drug-likeness (QED) is 0.596. The SMILES string of the molecule is C/C=C(\NC)NCCCC(C)C. The van der Waals surface area contributed by atoms with Crippen molar-refractivity contribution in [2.24, 2.45) is 5.92 Å². The molecule has 0 atom stereocenters. The number of hydrogen-bond acceptors (Lipinski definition) is 2. The largest absolute Gasteiger partial charge is 0.375 e. The van der Waals surface area contributed by atoms with Crippen molar-refractivity contribution >= 4 is 0 Å². The van der Waals surface area contributed by atoms with Gasteiger partial charge in [0.25, 0.3) is 0 Å². The average Bonchev–Trinajstić information content (AvgIpc) is 2.04. The van der Waals surface area contributed by atoms with Crippen LogP contribution in [0.15, 0.2) is 11.9 Å². The van der Waals surface area contributed by atoms with Gasteiger partial charge in [-0.25, -0.2) is 0 Å². The van der Waals surface area contributed by atoms with E-state index in [1.807, 2.05) is 14.0 Å². The van der Waals surface area contributed by atoms with Gasteiger partial charge in [-0.2, -0.15) is 0 Å².